The number of hydrogen-bond donors (Lipinski definition) is 1. The van der Waals surface area contributed by atoms with Gasteiger partial charge in [0.1, 0.15) is 5.75 Å². The minimum absolute atomic E-state index is 0.00399. The van der Waals surface area contributed by atoms with E-state index in [1.54, 1.807) is 12.1 Å². The summed E-state index contributed by atoms with van der Waals surface area (Å²) in [4.78, 5) is 24.3. The first kappa shape index (κ1) is 15.3. The number of aromatic hydroxyl groups is 1. The molecule has 118 valence electrons. The summed E-state index contributed by atoms with van der Waals surface area (Å²) in [5, 5.41) is 10.2. The second-order valence-electron chi connectivity index (χ2n) is 7.91. The number of phenolic OH excluding ortho intramolecular Hbond substituents is 1. The van der Waals surface area contributed by atoms with Crippen LogP contribution in [0.1, 0.15) is 79.7 Å². The predicted molar refractivity (Wildman–Crippen MR) is 85.5 cm³/mol. The number of Topliss-reactive ketones (excluding diaryl/α,β-unsaturated/α-hetero) is 2. The smallest absolute Gasteiger partial charge is 0.163 e. The average molecular weight is 300 g/mol. The van der Waals surface area contributed by atoms with Crippen LogP contribution in [-0.2, 0) is 5.41 Å². The first-order valence-corrected chi connectivity index (χ1v) is 8.08. The third-order valence-electron chi connectivity index (χ3n) is 6.05. The van der Waals surface area contributed by atoms with Crippen LogP contribution in [0.2, 0.25) is 0 Å². The van der Waals surface area contributed by atoms with Gasteiger partial charge in [-0.1, -0.05) is 27.2 Å². The van der Waals surface area contributed by atoms with Crippen molar-refractivity contribution in [3.05, 3.63) is 28.8 Å². The fraction of sp³-hybridized carbons (Fsp3) is 0.579. The molecular formula is C19H24O3. The lowest BCUT2D eigenvalue weighted by molar-refractivity contribution is 0.0367. The maximum absolute atomic E-state index is 12.7. The Hall–Kier alpha value is -1.64. The van der Waals surface area contributed by atoms with Crippen molar-refractivity contribution in [2.24, 2.45) is 11.3 Å². The number of hydrogen-bond acceptors (Lipinski definition) is 3. The van der Waals surface area contributed by atoms with Crippen LogP contribution in [0.25, 0.3) is 0 Å². The average Bonchev–Trinajstić information content (AvgIpc) is 2.41. The molecule has 1 aromatic rings. The molecule has 3 rings (SSSR count). The highest BCUT2D eigenvalue weighted by atomic mass is 16.3. The zero-order chi connectivity index (χ0) is 16.3. The molecule has 2 atom stereocenters. The molecule has 0 spiro atoms. The Bertz CT molecular complexity index is 672. The van der Waals surface area contributed by atoms with Crippen molar-refractivity contribution < 1.29 is 14.7 Å². The normalized spacial score (nSPS) is 29.6. The van der Waals surface area contributed by atoms with E-state index in [1.807, 2.05) is 0 Å². The number of fused-ring (bicyclic) bond motifs is 3. The van der Waals surface area contributed by atoms with Gasteiger partial charge in [-0.3, -0.25) is 9.59 Å². The van der Waals surface area contributed by atoms with Crippen LogP contribution in [0.5, 0.6) is 5.75 Å². The quantitative estimate of drug-likeness (QED) is 0.788. The fourth-order valence-corrected chi connectivity index (χ4v) is 4.81. The van der Waals surface area contributed by atoms with Crippen LogP contribution in [0.3, 0.4) is 0 Å². The monoisotopic (exact) mass is 300 g/mol. The Morgan fingerprint density at radius 3 is 2.55 bits per heavy atom. The first-order chi connectivity index (χ1) is 10.2. The van der Waals surface area contributed by atoms with Crippen molar-refractivity contribution in [1.29, 1.82) is 0 Å². The van der Waals surface area contributed by atoms with Gasteiger partial charge in [0.25, 0.3) is 0 Å². The van der Waals surface area contributed by atoms with Crippen molar-refractivity contribution in [3.8, 4) is 5.75 Å². The van der Waals surface area contributed by atoms with Gasteiger partial charge in [0.15, 0.2) is 11.6 Å². The molecule has 1 N–H and O–H groups in total. The largest absolute Gasteiger partial charge is 0.507 e. The SMILES string of the molecule is CC(=O)c1cc2c(cc1O)[C@@]1(C)CCCC(C)(C)[C@@H]1CC2=O. The van der Waals surface area contributed by atoms with Crippen LogP contribution in [0, 0.1) is 11.3 Å². The van der Waals surface area contributed by atoms with Crippen molar-refractivity contribution in [1.82, 2.24) is 0 Å². The molecule has 2 aliphatic rings. The van der Waals surface area contributed by atoms with E-state index in [0.29, 0.717) is 12.0 Å². The van der Waals surface area contributed by atoms with Gasteiger partial charge in [0.05, 0.1) is 5.56 Å². The highest BCUT2D eigenvalue weighted by Crippen LogP contribution is 2.57. The number of rotatable bonds is 1. The lowest BCUT2D eigenvalue weighted by atomic mass is 9.50. The summed E-state index contributed by atoms with van der Waals surface area (Å²) in [6.45, 7) is 8.13. The van der Waals surface area contributed by atoms with Crippen LogP contribution in [0.4, 0.5) is 0 Å². The minimum Gasteiger partial charge on any atom is -0.507 e. The van der Waals surface area contributed by atoms with E-state index in [-0.39, 0.29) is 39.6 Å². The number of phenols is 1. The Kier molecular flexibility index (Phi) is 3.24. The van der Waals surface area contributed by atoms with Crippen molar-refractivity contribution >= 4 is 11.6 Å². The molecule has 2 aliphatic carbocycles. The summed E-state index contributed by atoms with van der Waals surface area (Å²) >= 11 is 0. The maximum Gasteiger partial charge on any atom is 0.163 e. The molecule has 0 aromatic heterocycles. The highest BCUT2D eigenvalue weighted by molar-refractivity contribution is 6.04. The Balaban J connectivity index is 2.22. The third-order valence-corrected chi connectivity index (χ3v) is 6.05. The number of benzene rings is 1. The lowest BCUT2D eigenvalue weighted by Crippen LogP contribution is -2.49. The molecule has 1 aromatic carbocycles. The first-order valence-electron chi connectivity index (χ1n) is 8.08. The second-order valence-corrected chi connectivity index (χ2v) is 7.91. The summed E-state index contributed by atoms with van der Waals surface area (Å²) in [7, 11) is 0. The Morgan fingerprint density at radius 1 is 1.23 bits per heavy atom. The number of ketones is 2. The molecule has 3 nitrogen and oxygen atoms in total. The van der Waals surface area contributed by atoms with E-state index >= 15 is 0 Å². The molecule has 1 fully saturated rings. The molecule has 22 heavy (non-hydrogen) atoms. The van der Waals surface area contributed by atoms with Gasteiger partial charge in [-0.25, -0.2) is 0 Å². The molecule has 0 amide bonds. The molecule has 0 bridgehead atoms. The molecular weight excluding hydrogens is 276 g/mol. The highest BCUT2D eigenvalue weighted by Gasteiger charge is 2.52. The van der Waals surface area contributed by atoms with Crippen molar-refractivity contribution in [2.75, 3.05) is 0 Å². The minimum atomic E-state index is -0.204. The summed E-state index contributed by atoms with van der Waals surface area (Å²) in [5.74, 6) is 0.194. The van der Waals surface area contributed by atoms with Crippen molar-refractivity contribution in [3.63, 3.8) is 0 Å². The fourth-order valence-electron chi connectivity index (χ4n) is 4.81. The molecule has 1 saturated carbocycles. The van der Waals surface area contributed by atoms with Crippen LogP contribution >= 0.6 is 0 Å². The van der Waals surface area contributed by atoms with Gasteiger partial charge >= 0.3 is 0 Å². The Labute approximate surface area is 131 Å². The molecule has 3 heteroatoms. The summed E-state index contributed by atoms with van der Waals surface area (Å²) in [6.07, 6.45) is 3.83. The topological polar surface area (TPSA) is 54.4 Å². The van der Waals surface area contributed by atoms with Gasteiger partial charge in [-0.15, -0.1) is 0 Å². The lowest BCUT2D eigenvalue weighted by Gasteiger charge is -2.53. The Morgan fingerprint density at radius 2 is 1.91 bits per heavy atom. The zero-order valence-electron chi connectivity index (χ0n) is 13.8. The summed E-state index contributed by atoms with van der Waals surface area (Å²) in [6, 6.07) is 3.29. The van der Waals surface area contributed by atoms with E-state index < -0.39 is 0 Å². The molecule has 0 radical (unpaired) electrons. The predicted octanol–water partition coefficient (Wildman–Crippen LogP) is 4.27. The third kappa shape index (κ3) is 2.02. The van der Waals surface area contributed by atoms with Gasteiger partial charge < -0.3 is 5.11 Å². The second kappa shape index (κ2) is 4.68. The van der Waals surface area contributed by atoms with Gasteiger partial charge in [-0.05, 0) is 54.2 Å². The van der Waals surface area contributed by atoms with Crippen molar-refractivity contribution in [2.45, 2.75) is 58.8 Å². The standard InChI is InChI=1S/C19H24O3/c1-11(20)12-8-13-14(9-15(12)21)19(4)7-5-6-18(2,3)17(19)10-16(13)22/h8-9,17,21H,5-7,10H2,1-4H3/t17-,19+/m0/s1. The van der Waals surface area contributed by atoms with Crippen LogP contribution in [0.15, 0.2) is 12.1 Å². The van der Waals surface area contributed by atoms with Gasteiger partial charge in [0.2, 0.25) is 0 Å². The summed E-state index contributed by atoms with van der Waals surface area (Å²) in [5.41, 5.74) is 1.85. The van der Waals surface area contributed by atoms with Gasteiger partial charge in [-0.2, -0.15) is 0 Å². The molecule has 0 aliphatic heterocycles. The zero-order valence-corrected chi connectivity index (χ0v) is 13.8. The van der Waals surface area contributed by atoms with E-state index in [1.165, 1.54) is 6.92 Å². The molecule has 0 unspecified atom stereocenters. The molecule has 0 heterocycles. The van der Waals surface area contributed by atoms with Gasteiger partial charge in [0, 0.05) is 12.0 Å². The van der Waals surface area contributed by atoms with E-state index in [0.717, 1.165) is 24.8 Å². The van der Waals surface area contributed by atoms with Crippen LogP contribution in [-0.4, -0.2) is 16.7 Å². The maximum atomic E-state index is 12.7. The van der Waals surface area contributed by atoms with E-state index in [9.17, 15) is 14.7 Å². The number of carbonyl (C=O) groups is 2. The van der Waals surface area contributed by atoms with E-state index in [2.05, 4.69) is 20.8 Å². The van der Waals surface area contributed by atoms with E-state index in [4.69, 9.17) is 0 Å². The number of carbonyl (C=O) groups excluding carboxylic acids is 2. The summed E-state index contributed by atoms with van der Waals surface area (Å²) < 4.78 is 0. The molecule has 0 saturated heterocycles. The van der Waals surface area contributed by atoms with Crippen LogP contribution < -0.4 is 0 Å².